The molecule has 6 heteroatoms. The van der Waals surface area contributed by atoms with E-state index in [0.29, 0.717) is 12.2 Å². The van der Waals surface area contributed by atoms with E-state index < -0.39 is 0 Å². The SMILES string of the molecule is CNc1ccc(CN2CCCC2CO)cc1[N+](=O)[O-]. The smallest absolute Gasteiger partial charge is 0.292 e. The minimum atomic E-state index is -0.372. The molecular weight excluding hydrogens is 246 g/mol. The Balaban J connectivity index is 2.17. The highest BCUT2D eigenvalue weighted by molar-refractivity contribution is 5.62. The van der Waals surface area contributed by atoms with Gasteiger partial charge in [-0.3, -0.25) is 15.0 Å². The summed E-state index contributed by atoms with van der Waals surface area (Å²) in [5, 5.41) is 23.1. The minimum Gasteiger partial charge on any atom is -0.395 e. The topological polar surface area (TPSA) is 78.6 Å². The lowest BCUT2D eigenvalue weighted by atomic mass is 10.1. The van der Waals surface area contributed by atoms with Crippen LogP contribution in [0.5, 0.6) is 0 Å². The molecule has 0 aromatic heterocycles. The lowest BCUT2D eigenvalue weighted by Gasteiger charge is -2.22. The van der Waals surface area contributed by atoms with Gasteiger partial charge >= 0.3 is 0 Å². The van der Waals surface area contributed by atoms with Crippen LogP contribution in [0.4, 0.5) is 11.4 Å². The number of nitrogens with one attached hydrogen (secondary N) is 1. The number of anilines is 1. The van der Waals surface area contributed by atoms with Crippen molar-refractivity contribution in [3.8, 4) is 0 Å². The summed E-state index contributed by atoms with van der Waals surface area (Å²) in [4.78, 5) is 12.8. The van der Waals surface area contributed by atoms with E-state index in [1.165, 1.54) is 0 Å². The third kappa shape index (κ3) is 3.02. The van der Waals surface area contributed by atoms with Crippen LogP contribution in [-0.4, -0.2) is 41.2 Å². The second-order valence-corrected chi connectivity index (χ2v) is 4.81. The molecule has 0 amide bonds. The van der Waals surface area contributed by atoms with Gasteiger partial charge in [0.05, 0.1) is 11.5 Å². The molecule has 0 bridgehead atoms. The number of hydrogen-bond acceptors (Lipinski definition) is 5. The summed E-state index contributed by atoms with van der Waals surface area (Å²) in [7, 11) is 1.67. The van der Waals surface area contributed by atoms with Crippen molar-refractivity contribution in [1.29, 1.82) is 0 Å². The van der Waals surface area contributed by atoms with Gasteiger partial charge in [-0.25, -0.2) is 0 Å². The largest absolute Gasteiger partial charge is 0.395 e. The van der Waals surface area contributed by atoms with Gasteiger partial charge < -0.3 is 10.4 Å². The lowest BCUT2D eigenvalue weighted by molar-refractivity contribution is -0.384. The number of hydrogen-bond donors (Lipinski definition) is 2. The van der Waals surface area contributed by atoms with Crippen LogP contribution in [0.15, 0.2) is 18.2 Å². The average Bonchev–Trinajstić information content (AvgIpc) is 2.85. The first-order valence-corrected chi connectivity index (χ1v) is 6.45. The molecule has 0 spiro atoms. The Morgan fingerprint density at radius 3 is 3.00 bits per heavy atom. The molecule has 1 aliphatic heterocycles. The van der Waals surface area contributed by atoms with Crippen LogP contribution in [-0.2, 0) is 6.54 Å². The Labute approximate surface area is 112 Å². The second kappa shape index (κ2) is 5.99. The Morgan fingerprint density at radius 1 is 1.58 bits per heavy atom. The lowest BCUT2D eigenvalue weighted by Crippen LogP contribution is -2.31. The quantitative estimate of drug-likeness (QED) is 0.624. The van der Waals surface area contributed by atoms with Gasteiger partial charge in [-0.05, 0) is 31.0 Å². The number of aliphatic hydroxyl groups is 1. The Bertz CT molecular complexity index is 464. The van der Waals surface area contributed by atoms with Crippen molar-refractivity contribution in [2.24, 2.45) is 0 Å². The maximum absolute atomic E-state index is 11.0. The summed E-state index contributed by atoms with van der Waals surface area (Å²) in [5.74, 6) is 0. The van der Waals surface area contributed by atoms with Gasteiger partial charge in [0.2, 0.25) is 0 Å². The first-order chi connectivity index (χ1) is 9.15. The van der Waals surface area contributed by atoms with Crippen molar-refractivity contribution >= 4 is 11.4 Å². The van der Waals surface area contributed by atoms with Crippen molar-refractivity contribution in [2.45, 2.75) is 25.4 Å². The summed E-state index contributed by atoms with van der Waals surface area (Å²) < 4.78 is 0. The number of nitro groups is 1. The molecular formula is C13H19N3O3. The molecule has 0 saturated carbocycles. The fourth-order valence-corrected chi connectivity index (χ4v) is 2.58. The predicted octanol–water partition coefficient (Wildman–Crippen LogP) is 1.59. The van der Waals surface area contributed by atoms with Crippen molar-refractivity contribution < 1.29 is 10.0 Å². The molecule has 1 aromatic rings. The normalized spacial score (nSPS) is 19.6. The van der Waals surface area contributed by atoms with Crippen LogP contribution in [0.3, 0.4) is 0 Å². The van der Waals surface area contributed by atoms with Gasteiger partial charge in [-0.15, -0.1) is 0 Å². The van der Waals surface area contributed by atoms with E-state index in [9.17, 15) is 15.2 Å². The molecule has 1 heterocycles. The standard InChI is InChI=1S/C13H19N3O3/c1-14-12-5-4-10(7-13(12)16(18)19)8-15-6-2-3-11(15)9-17/h4-5,7,11,14,17H,2-3,6,8-9H2,1H3. The Hall–Kier alpha value is -1.66. The maximum atomic E-state index is 11.0. The molecule has 1 aromatic carbocycles. The van der Waals surface area contributed by atoms with Gasteiger partial charge in [0, 0.05) is 25.7 Å². The van der Waals surface area contributed by atoms with Crippen molar-refractivity contribution in [2.75, 3.05) is 25.5 Å². The van der Waals surface area contributed by atoms with E-state index in [1.54, 1.807) is 19.2 Å². The van der Waals surface area contributed by atoms with Crippen LogP contribution >= 0.6 is 0 Å². The number of rotatable bonds is 5. The van der Waals surface area contributed by atoms with E-state index in [4.69, 9.17) is 0 Å². The van der Waals surface area contributed by atoms with E-state index in [-0.39, 0.29) is 23.3 Å². The number of nitro benzene ring substituents is 1. The van der Waals surface area contributed by atoms with Crippen LogP contribution in [0.2, 0.25) is 0 Å². The Morgan fingerprint density at radius 2 is 2.37 bits per heavy atom. The second-order valence-electron chi connectivity index (χ2n) is 4.81. The van der Waals surface area contributed by atoms with Gasteiger partial charge in [-0.2, -0.15) is 0 Å². The zero-order valence-electron chi connectivity index (χ0n) is 11.0. The first-order valence-electron chi connectivity index (χ1n) is 6.45. The zero-order valence-corrected chi connectivity index (χ0v) is 11.0. The predicted molar refractivity (Wildman–Crippen MR) is 73.2 cm³/mol. The number of benzene rings is 1. The molecule has 0 aliphatic carbocycles. The summed E-state index contributed by atoms with van der Waals surface area (Å²) in [5.41, 5.74) is 1.53. The number of nitrogens with zero attached hydrogens (tertiary/aromatic N) is 2. The van der Waals surface area contributed by atoms with Crippen molar-refractivity contribution in [3.63, 3.8) is 0 Å². The minimum absolute atomic E-state index is 0.0970. The van der Waals surface area contributed by atoms with Crippen molar-refractivity contribution in [3.05, 3.63) is 33.9 Å². The monoisotopic (exact) mass is 265 g/mol. The van der Waals surface area contributed by atoms with E-state index in [2.05, 4.69) is 10.2 Å². The zero-order chi connectivity index (χ0) is 13.8. The average molecular weight is 265 g/mol. The highest BCUT2D eigenvalue weighted by atomic mass is 16.6. The van der Waals surface area contributed by atoms with Gasteiger partial charge in [0.25, 0.3) is 5.69 Å². The molecule has 1 saturated heterocycles. The molecule has 104 valence electrons. The highest BCUT2D eigenvalue weighted by Crippen LogP contribution is 2.27. The molecule has 19 heavy (non-hydrogen) atoms. The third-order valence-corrected chi connectivity index (χ3v) is 3.62. The first kappa shape index (κ1) is 13.8. The fraction of sp³-hybridized carbons (Fsp3) is 0.538. The summed E-state index contributed by atoms with van der Waals surface area (Å²) in [6.07, 6.45) is 2.06. The van der Waals surface area contributed by atoms with Gasteiger partial charge in [0.15, 0.2) is 0 Å². The summed E-state index contributed by atoms with van der Waals surface area (Å²) >= 11 is 0. The molecule has 2 N–H and O–H groups in total. The Kier molecular flexibility index (Phi) is 4.34. The molecule has 1 atom stereocenters. The van der Waals surface area contributed by atoms with Gasteiger partial charge in [0.1, 0.15) is 5.69 Å². The molecule has 6 nitrogen and oxygen atoms in total. The number of aliphatic hydroxyl groups excluding tert-OH is 1. The van der Waals surface area contributed by atoms with E-state index in [0.717, 1.165) is 24.9 Å². The molecule has 1 fully saturated rings. The molecule has 0 radical (unpaired) electrons. The van der Waals surface area contributed by atoms with Gasteiger partial charge in [-0.1, -0.05) is 6.07 Å². The van der Waals surface area contributed by atoms with E-state index >= 15 is 0 Å². The fourth-order valence-electron chi connectivity index (χ4n) is 2.58. The molecule has 1 unspecified atom stereocenters. The highest BCUT2D eigenvalue weighted by Gasteiger charge is 2.24. The van der Waals surface area contributed by atoms with E-state index in [1.807, 2.05) is 6.07 Å². The summed E-state index contributed by atoms with van der Waals surface area (Å²) in [6.45, 7) is 1.74. The van der Waals surface area contributed by atoms with Crippen LogP contribution in [0.25, 0.3) is 0 Å². The van der Waals surface area contributed by atoms with Crippen LogP contribution < -0.4 is 5.32 Å². The molecule has 1 aliphatic rings. The third-order valence-electron chi connectivity index (χ3n) is 3.62. The van der Waals surface area contributed by atoms with Crippen molar-refractivity contribution in [1.82, 2.24) is 4.90 Å². The summed E-state index contributed by atoms with van der Waals surface area (Å²) in [6, 6.07) is 5.42. The van der Waals surface area contributed by atoms with Crippen LogP contribution in [0, 0.1) is 10.1 Å². The van der Waals surface area contributed by atoms with Crippen LogP contribution in [0.1, 0.15) is 18.4 Å². The number of likely N-dealkylation sites (tertiary alicyclic amines) is 1. The molecule has 2 rings (SSSR count). The maximum Gasteiger partial charge on any atom is 0.292 e.